The maximum Gasteiger partial charge on any atom is 0.326 e. The van der Waals surface area contributed by atoms with Crippen molar-refractivity contribution in [2.45, 2.75) is 44.0 Å². The lowest BCUT2D eigenvalue weighted by molar-refractivity contribution is -0.149. The summed E-state index contributed by atoms with van der Waals surface area (Å²) in [7, 11) is 0. The first kappa shape index (κ1) is 14.8. The Labute approximate surface area is 111 Å². The van der Waals surface area contributed by atoms with Crippen LogP contribution in [0.4, 0.5) is 0 Å². The van der Waals surface area contributed by atoms with Crippen LogP contribution in [0.25, 0.3) is 0 Å². The summed E-state index contributed by atoms with van der Waals surface area (Å²) in [6.07, 6.45) is 1.14. The standard InChI is InChI=1S/C11H18N2O4S/c1-6(12-9(14)7(2)18)10(15)13-5-3-4-8(13)11(16)17/h6-8,18H,3-5H2,1-2H3,(H,12,14)(H,16,17)/t6-,7?,8-/m0/s1. The number of hydrogen-bond donors (Lipinski definition) is 3. The number of aliphatic carboxylic acids is 1. The molecule has 6 nitrogen and oxygen atoms in total. The van der Waals surface area contributed by atoms with Gasteiger partial charge >= 0.3 is 5.97 Å². The van der Waals surface area contributed by atoms with Crippen molar-refractivity contribution in [1.29, 1.82) is 0 Å². The number of amides is 2. The Morgan fingerprint density at radius 1 is 1.39 bits per heavy atom. The number of rotatable bonds is 4. The van der Waals surface area contributed by atoms with Crippen LogP contribution >= 0.6 is 12.6 Å². The normalized spacial score (nSPS) is 22.4. The van der Waals surface area contributed by atoms with Crippen molar-refractivity contribution < 1.29 is 19.5 Å². The van der Waals surface area contributed by atoms with E-state index in [-0.39, 0.29) is 11.8 Å². The Morgan fingerprint density at radius 2 is 2.00 bits per heavy atom. The van der Waals surface area contributed by atoms with Crippen molar-refractivity contribution in [3.8, 4) is 0 Å². The second-order valence-corrected chi connectivity index (χ2v) is 5.21. The fourth-order valence-corrected chi connectivity index (χ4v) is 2.01. The van der Waals surface area contributed by atoms with Gasteiger partial charge in [0, 0.05) is 6.54 Å². The summed E-state index contributed by atoms with van der Waals surface area (Å²) in [6.45, 7) is 3.58. The molecule has 1 fully saturated rings. The zero-order chi connectivity index (χ0) is 13.9. The molecule has 0 bridgehead atoms. The van der Waals surface area contributed by atoms with E-state index < -0.39 is 23.3 Å². The quantitative estimate of drug-likeness (QED) is 0.624. The lowest BCUT2D eigenvalue weighted by Gasteiger charge is -2.25. The molecule has 2 N–H and O–H groups in total. The molecule has 0 radical (unpaired) electrons. The Morgan fingerprint density at radius 3 is 2.50 bits per heavy atom. The zero-order valence-corrected chi connectivity index (χ0v) is 11.3. The average Bonchev–Trinajstić information content (AvgIpc) is 2.76. The monoisotopic (exact) mass is 274 g/mol. The van der Waals surface area contributed by atoms with Crippen molar-refractivity contribution in [1.82, 2.24) is 10.2 Å². The molecule has 1 heterocycles. The largest absolute Gasteiger partial charge is 0.480 e. The Kier molecular flexibility index (Phi) is 5.01. The summed E-state index contributed by atoms with van der Waals surface area (Å²) >= 11 is 3.97. The maximum absolute atomic E-state index is 12.0. The number of carbonyl (C=O) groups excluding carboxylic acids is 2. The van der Waals surface area contributed by atoms with Crippen LogP contribution in [0.1, 0.15) is 26.7 Å². The summed E-state index contributed by atoms with van der Waals surface area (Å²) in [4.78, 5) is 35.7. The minimum Gasteiger partial charge on any atom is -0.480 e. The zero-order valence-electron chi connectivity index (χ0n) is 10.4. The highest BCUT2D eigenvalue weighted by Crippen LogP contribution is 2.18. The van der Waals surface area contributed by atoms with Crippen LogP contribution in [-0.2, 0) is 14.4 Å². The molecule has 1 saturated heterocycles. The molecule has 1 unspecified atom stereocenters. The highest BCUT2D eigenvalue weighted by molar-refractivity contribution is 7.81. The minimum absolute atomic E-state index is 0.342. The first-order valence-corrected chi connectivity index (χ1v) is 6.38. The van der Waals surface area contributed by atoms with E-state index in [0.29, 0.717) is 19.4 Å². The number of likely N-dealkylation sites (tertiary alicyclic amines) is 1. The summed E-state index contributed by atoms with van der Waals surface area (Å²) < 4.78 is 0. The van der Waals surface area contributed by atoms with E-state index in [0.717, 1.165) is 0 Å². The second kappa shape index (κ2) is 6.08. The second-order valence-electron chi connectivity index (χ2n) is 4.43. The van der Waals surface area contributed by atoms with Gasteiger partial charge in [-0.3, -0.25) is 9.59 Å². The number of carboxylic acid groups (broad SMARTS) is 1. The lowest BCUT2D eigenvalue weighted by Crippen LogP contribution is -2.51. The third-order valence-electron chi connectivity index (χ3n) is 2.93. The molecule has 0 aromatic heterocycles. The molecular formula is C11H18N2O4S. The van der Waals surface area contributed by atoms with E-state index in [4.69, 9.17) is 5.11 Å². The van der Waals surface area contributed by atoms with Crippen LogP contribution in [0, 0.1) is 0 Å². The van der Waals surface area contributed by atoms with E-state index in [1.807, 2.05) is 0 Å². The number of nitrogens with zero attached hydrogens (tertiary/aromatic N) is 1. The van der Waals surface area contributed by atoms with Crippen LogP contribution in [-0.4, -0.2) is 51.7 Å². The Bertz CT molecular complexity index is 359. The fraction of sp³-hybridized carbons (Fsp3) is 0.727. The summed E-state index contributed by atoms with van der Waals surface area (Å²) in [5, 5.41) is 11.0. The van der Waals surface area contributed by atoms with Gasteiger partial charge in [-0.2, -0.15) is 12.6 Å². The van der Waals surface area contributed by atoms with Gasteiger partial charge in [0.25, 0.3) is 0 Å². The van der Waals surface area contributed by atoms with E-state index in [1.54, 1.807) is 13.8 Å². The molecule has 1 rings (SSSR count). The first-order chi connectivity index (χ1) is 8.34. The van der Waals surface area contributed by atoms with Gasteiger partial charge in [-0.15, -0.1) is 0 Å². The van der Waals surface area contributed by atoms with Crippen molar-refractivity contribution in [3.63, 3.8) is 0 Å². The van der Waals surface area contributed by atoms with Gasteiger partial charge in [-0.05, 0) is 26.7 Å². The van der Waals surface area contributed by atoms with Crippen molar-refractivity contribution >= 4 is 30.4 Å². The van der Waals surface area contributed by atoms with Crippen molar-refractivity contribution in [3.05, 3.63) is 0 Å². The number of carbonyl (C=O) groups is 3. The molecule has 0 aromatic carbocycles. The Hall–Kier alpha value is -1.24. The SMILES string of the molecule is CC(S)C(=O)N[C@@H](C)C(=O)N1CCC[C@H]1C(=O)O. The van der Waals surface area contributed by atoms with Gasteiger partial charge in [-0.1, -0.05) is 0 Å². The van der Waals surface area contributed by atoms with Crippen LogP contribution in [0.3, 0.4) is 0 Å². The molecule has 0 aliphatic carbocycles. The highest BCUT2D eigenvalue weighted by Gasteiger charge is 2.36. The van der Waals surface area contributed by atoms with Gasteiger partial charge in [0.1, 0.15) is 12.1 Å². The van der Waals surface area contributed by atoms with Crippen LogP contribution in [0.5, 0.6) is 0 Å². The van der Waals surface area contributed by atoms with Gasteiger partial charge in [0.05, 0.1) is 5.25 Å². The van der Waals surface area contributed by atoms with Crippen molar-refractivity contribution in [2.75, 3.05) is 6.54 Å². The molecule has 3 atom stereocenters. The molecule has 1 aliphatic rings. The smallest absolute Gasteiger partial charge is 0.326 e. The van der Waals surface area contributed by atoms with Gasteiger partial charge in [0.2, 0.25) is 11.8 Å². The van der Waals surface area contributed by atoms with Gasteiger partial charge < -0.3 is 15.3 Å². The summed E-state index contributed by atoms with van der Waals surface area (Å²) in [5.74, 6) is -1.70. The molecule has 0 aromatic rings. The number of hydrogen-bond acceptors (Lipinski definition) is 4. The molecule has 1 aliphatic heterocycles. The molecular weight excluding hydrogens is 256 g/mol. The maximum atomic E-state index is 12.0. The van der Waals surface area contributed by atoms with Crippen molar-refractivity contribution in [2.24, 2.45) is 0 Å². The predicted molar refractivity (Wildman–Crippen MR) is 68.4 cm³/mol. The summed E-state index contributed by atoms with van der Waals surface area (Å²) in [6, 6.07) is -1.50. The van der Waals surface area contributed by atoms with Gasteiger partial charge in [-0.25, -0.2) is 4.79 Å². The molecule has 18 heavy (non-hydrogen) atoms. The molecule has 2 amide bonds. The number of thiol groups is 1. The molecule has 0 saturated carbocycles. The molecule has 0 spiro atoms. The third kappa shape index (κ3) is 3.38. The van der Waals surface area contributed by atoms with E-state index in [1.165, 1.54) is 4.90 Å². The van der Waals surface area contributed by atoms with Gasteiger partial charge in [0.15, 0.2) is 0 Å². The Balaban J connectivity index is 2.63. The minimum atomic E-state index is -0.998. The average molecular weight is 274 g/mol. The lowest BCUT2D eigenvalue weighted by atomic mass is 10.2. The summed E-state index contributed by atoms with van der Waals surface area (Å²) in [5.41, 5.74) is 0. The number of nitrogens with one attached hydrogen (secondary N) is 1. The predicted octanol–water partition coefficient (Wildman–Crippen LogP) is -0.115. The third-order valence-corrected chi connectivity index (χ3v) is 3.16. The van der Waals surface area contributed by atoms with E-state index in [2.05, 4.69) is 17.9 Å². The van der Waals surface area contributed by atoms with E-state index >= 15 is 0 Å². The van der Waals surface area contributed by atoms with E-state index in [9.17, 15) is 14.4 Å². The highest BCUT2D eigenvalue weighted by atomic mass is 32.1. The topological polar surface area (TPSA) is 86.7 Å². The fourth-order valence-electron chi connectivity index (χ4n) is 1.93. The number of carboxylic acids is 1. The first-order valence-electron chi connectivity index (χ1n) is 5.86. The molecule has 7 heteroatoms. The van der Waals surface area contributed by atoms with Crippen LogP contribution in [0.15, 0.2) is 0 Å². The van der Waals surface area contributed by atoms with Crippen LogP contribution in [0.2, 0.25) is 0 Å². The molecule has 102 valence electrons. The van der Waals surface area contributed by atoms with Crippen LogP contribution < -0.4 is 5.32 Å².